The molecular formula is C21H25N3O4. The number of para-hydroxylation sites is 2. The van der Waals surface area contributed by atoms with Gasteiger partial charge < -0.3 is 25.4 Å². The van der Waals surface area contributed by atoms with E-state index in [0.717, 1.165) is 25.1 Å². The van der Waals surface area contributed by atoms with Crippen molar-refractivity contribution in [3.63, 3.8) is 0 Å². The van der Waals surface area contributed by atoms with E-state index >= 15 is 0 Å². The van der Waals surface area contributed by atoms with Crippen LogP contribution in [0.15, 0.2) is 48.5 Å². The van der Waals surface area contributed by atoms with Crippen LogP contribution in [0.5, 0.6) is 5.75 Å². The van der Waals surface area contributed by atoms with E-state index in [4.69, 9.17) is 9.47 Å². The maximum Gasteiger partial charge on any atom is 0.251 e. The number of carbonyl (C=O) groups is 2. The highest BCUT2D eigenvalue weighted by atomic mass is 16.5. The molecule has 0 saturated carbocycles. The summed E-state index contributed by atoms with van der Waals surface area (Å²) in [6, 6.07) is 14.3. The van der Waals surface area contributed by atoms with Crippen molar-refractivity contribution in [2.24, 2.45) is 0 Å². The van der Waals surface area contributed by atoms with Gasteiger partial charge in [-0.15, -0.1) is 0 Å². The zero-order valence-corrected chi connectivity index (χ0v) is 15.9. The average Bonchev–Trinajstić information content (AvgIpc) is 3.24. The zero-order valence-electron chi connectivity index (χ0n) is 15.9. The molecule has 1 saturated heterocycles. The first-order valence-electron chi connectivity index (χ1n) is 9.35. The molecule has 1 aliphatic rings. The van der Waals surface area contributed by atoms with Crippen molar-refractivity contribution in [3.8, 4) is 5.75 Å². The predicted octanol–water partition coefficient (Wildman–Crippen LogP) is 2.65. The van der Waals surface area contributed by atoms with Crippen molar-refractivity contribution in [2.75, 3.05) is 37.4 Å². The van der Waals surface area contributed by atoms with Crippen LogP contribution in [0.25, 0.3) is 0 Å². The molecule has 1 heterocycles. The van der Waals surface area contributed by atoms with Gasteiger partial charge in [-0.2, -0.15) is 0 Å². The number of rotatable bonds is 8. The molecule has 28 heavy (non-hydrogen) atoms. The Morgan fingerprint density at radius 1 is 1.18 bits per heavy atom. The van der Waals surface area contributed by atoms with Gasteiger partial charge in [-0.25, -0.2) is 0 Å². The summed E-state index contributed by atoms with van der Waals surface area (Å²) in [6.45, 7) is 1.36. The second-order valence-corrected chi connectivity index (χ2v) is 6.50. The van der Waals surface area contributed by atoms with Gasteiger partial charge in [0.2, 0.25) is 5.91 Å². The minimum Gasteiger partial charge on any atom is -0.489 e. The summed E-state index contributed by atoms with van der Waals surface area (Å²) in [4.78, 5) is 24.0. The largest absolute Gasteiger partial charge is 0.489 e. The maximum absolute atomic E-state index is 12.3. The highest BCUT2D eigenvalue weighted by Gasteiger charge is 2.17. The lowest BCUT2D eigenvalue weighted by molar-refractivity contribution is -0.114. The first kappa shape index (κ1) is 19.7. The van der Waals surface area contributed by atoms with Crippen LogP contribution in [-0.4, -0.2) is 44.7 Å². The van der Waals surface area contributed by atoms with Crippen LogP contribution in [0.1, 0.15) is 23.2 Å². The van der Waals surface area contributed by atoms with E-state index in [1.165, 1.54) is 0 Å². The van der Waals surface area contributed by atoms with Crippen LogP contribution in [0, 0.1) is 0 Å². The Morgan fingerprint density at radius 2 is 2.04 bits per heavy atom. The van der Waals surface area contributed by atoms with Crippen molar-refractivity contribution >= 4 is 23.2 Å². The summed E-state index contributed by atoms with van der Waals surface area (Å²) in [5.74, 6) is 0.266. The number of benzene rings is 2. The van der Waals surface area contributed by atoms with E-state index < -0.39 is 0 Å². The van der Waals surface area contributed by atoms with Crippen molar-refractivity contribution < 1.29 is 19.1 Å². The highest BCUT2D eigenvalue weighted by molar-refractivity contribution is 5.98. The Bertz CT molecular complexity index is 819. The average molecular weight is 383 g/mol. The zero-order chi connectivity index (χ0) is 19.8. The molecule has 1 aliphatic heterocycles. The number of nitrogens with one attached hydrogen (secondary N) is 3. The van der Waals surface area contributed by atoms with Crippen molar-refractivity contribution in [3.05, 3.63) is 54.1 Å². The molecule has 148 valence electrons. The summed E-state index contributed by atoms with van der Waals surface area (Å²) in [5.41, 5.74) is 1.80. The lowest BCUT2D eigenvalue weighted by Crippen LogP contribution is -2.23. The number of hydrogen-bond donors (Lipinski definition) is 3. The third kappa shape index (κ3) is 5.47. The number of hydrogen-bond acceptors (Lipinski definition) is 5. The monoisotopic (exact) mass is 383 g/mol. The smallest absolute Gasteiger partial charge is 0.251 e. The van der Waals surface area contributed by atoms with Gasteiger partial charge in [0.1, 0.15) is 12.4 Å². The molecule has 0 aromatic heterocycles. The van der Waals surface area contributed by atoms with Gasteiger partial charge in [-0.3, -0.25) is 9.59 Å². The summed E-state index contributed by atoms with van der Waals surface area (Å²) in [7, 11) is 1.57. The number of amides is 2. The number of ether oxygens (including phenoxy) is 2. The van der Waals surface area contributed by atoms with E-state index in [1.807, 2.05) is 24.3 Å². The molecule has 1 unspecified atom stereocenters. The van der Waals surface area contributed by atoms with Gasteiger partial charge in [0.05, 0.1) is 18.3 Å². The number of anilines is 2. The molecule has 1 fully saturated rings. The minimum atomic E-state index is -0.219. The molecule has 3 rings (SSSR count). The minimum absolute atomic E-state index is 0.0739. The second kappa shape index (κ2) is 9.75. The molecule has 1 atom stereocenters. The van der Waals surface area contributed by atoms with Crippen molar-refractivity contribution in [1.82, 2.24) is 5.32 Å². The highest BCUT2D eigenvalue weighted by Crippen LogP contribution is 2.25. The molecule has 7 nitrogen and oxygen atoms in total. The summed E-state index contributed by atoms with van der Waals surface area (Å²) >= 11 is 0. The van der Waals surface area contributed by atoms with Crippen LogP contribution >= 0.6 is 0 Å². The molecule has 2 amide bonds. The van der Waals surface area contributed by atoms with Crippen molar-refractivity contribution in [2.45, 2.75) is 18.9 Å². The second-order valence-electron chi connectivity index (χ2n) is 6.50. The van der Waals surface area contributed by atoms with Crippen LogP contribution in [0.3, 0.4) is 0 Å². The van der Waals surface area contributed by atoms with Crippen LogP contribution in [-0.2, 0) is 9.53 Å². The lowest BCUT2D eigenvalue weighted by Gasteiger charge is -2.15. The topological polar surface area (TPSA) is 88.7 Å². The standard InChI is InChI=1S/C21H25N3O4/c1-22-21(26)15-6-4-7-16(12-15)24-20(25)13-23-18-9-2-3-10-19(18)28-14-17-8-5-11-27-17/h2-4,6-7,9-10,12,17,23H,5,8,11,13-14H2,1H3,(H,22,26)(H,24,25). The molecular weight excluding hydrogens is 358 g/mol. The summed E-state index contributed by atoms with van der Waals surface area (Å²) in [5, 5.41) is 8.45. The third-order valence-corrected chi connectivity index (χ3v) is 4.41. The first-order chi connectivity index (χ1) is 13.7. The molecule has 0 aliphatic carbocycles. The Morgan fingerprint density at radius 3 is 2.82 bits per heavy atom. The molecule has 7 heteroatoms. The van der Waals surface area contributed by atoms with E-state index in [1.54, 1.807) is 31.3 Å². The molecule has 2 aromatic rings. The fraction of sp³-hybridized carbons (Fsp3) is 0.333. The maximum atomic E-state index is 12.3. The normalized spacial score (nSPS) is 15.7. The van der Waals surface area contributed by atoms with Gasteiger partial charge in [-0.1, -0.05) is 18.2 Å². The molecule has 0 bridgehead atoms. The summed E-state index contributed by atoms with van der Waals surface area (Å²) in [6.07, 6.45) is 2.20. The van der Waals surface area contributed by atoms with Gasteiger partial charge in [0.15, 0.2) is 0 Å². The first-order valence-corrected chi connectivity index (χ1v) is 9.35. The molecule has 3 N–H and O–H groups in total. The quantitative estimate of drug-likeness (QED) is 0.652. The Balaban J connectivity index is 1.54. The van der Waals surface area contributed by atoms with E-state index in [-0.39, 0.29) is 24.5 Å². The molecule has 0 radical (unpaired) electrons. The van der Waals surface area contributed by atoms with Crippen LogP contribution in [0.2, 0.25) is 0 Å². The van der Waals surface area contributed by atoms with E-state index in [9.17, 15) is 9.59 Å². The van der Waals surface area contributed by atoms with Gasteiger partial charge in [0.25, 0.3) is 5.91 Å². The summed E-state index contributed by atoms with van der Waals surface area (Å²) < 4.78 is 11.4. The van der Waals surface area contributed by atoms with Crippen LogP contribution in [0.4, 0.5) is 11.4 Å². The van der Waals surface area contributed by atoms with Gasteiger partial charge in [0, 0.05) is 24.9 Å². The Labute approximate surface area is 164 Å². The van der Waals surface area contributed by atoms with Gasteiger partial charge >= 0.3 is 0 Å². The fourth-order valence-electron chi connectivity index (χ4n) is 2.96. The van der Waals surface area contributed by atoms with Crippen molar-refractivity contribution in [1.29, 1.82) is 0 Å². The van der Waals surface area contributed by atoms with E-state index in [0.29, 0.717) is 23.6 Å². The Hall–Kier alpha value is -3.06. The predicted molar refractivity (Wildman–Crippen MR) is 108 cm³/mol. The SMILES string of the molecule is CNC(=O)c1cccc(NC(=O)CNc2ccccc2OCC2CCCO2)c1. The third-order valence-electron chi connectivity index (χ3n) is 4.41. The molecule has 2 aromatic carbocycles. The lowest BCUT2D eigenvalue weighted by atomic mass is 10.2. The Kier molecular flexibility index (Phi) is 6.86. The fourth-order valence-corrected chi connectivity index (χ4v) is 2.96. The number of carbonyl (C=O) groups excluding carboxylic acids is 2. The van der Waals surface area contributed by atoms with Gasteiger partial charge in [-0.05, 0) is 43.2 Å². The molecule has 0 spiro atoms. The van der Waals surface area contributed by atoms with E-state index in [2.05, 4.69) is 16.0 Å². The van der Waals surface area contributed by atoms with Crippen LogP contribution < -0.4 is 20.7 Å².